The molecule has 0 saturated carbocycles. The number of halogens is 3. The minimum absolute atomic E-state index is 0.0186. The van der Waals surface area contributed by atoms with E-state index in [1.807, 2.05) is 20.8 Å². The number of benzene rings is 1. The van der Waals surface area contributed by atoms with Crippen molar-refractivity contribution < 1.29 is 32.6 Å². The topological polar surface area (TPSA) is 95.0 Å². The number of carbonyl (C=O) groups is 2. The Morgan fingerprint density at radius 1 is 1.27 bits per heavy atom. The van der Waals surface area contributed by atoms with Crippen LogP contribution < -0.4 is 10.1 Å². The number of nitrogens with one attached hydrogen (secondary N) is 1. The summed E-state index contributed by atoms with van der Waals surface area (Å²) in [5.41, 5.74) is -0.179. The highest BCUT2D eigenvalue weighted by Crippen LogP contribution is 2.34. The number of amides is 3. The van der Waals surface area contributed by atoms with Gasteiger partial charge in [0.2, 0.25) is 5.88 Å². The van der Waals surface area contributed by atoms with Gasteiger partial charge in [0.05, 0.1) is 24.8 Å². The summed E-state index contributed by atoms with van der Waals surface area (Å²) in [6, 6.07) is 5.37. The maximum Gasteiger partial charge on any atom is 0.416 e. The van der Waals surface area contributed by atoms with E-state index >= 15 is 0 Å². The molecule has 1 aliphatic heterocycles. The number of urea groups is 1. The summed E-state index contributed by atoms with van der Waals surface area (Å²) >= 11 is 0. The molecule has 2 aromatic rings. The lowest BCUT2D eigenvalue weighted by atomic mass is 9.98. The van der Waals surface area contributed by atoms with Gasteiger partial charge in [-0.1, -0.05) is 19.1 Å². The molecular weight excluding hydrogens is 489 g/mol. The maximum absolute atomic E-state index is 13.5. The van der Waals surface area contributed by atoms with Crippen LogP contribution in [0.3, 0.4) is 0 Å². The van der Waals surface area contributed by atoms with Crippen molar-refractivity contribution in [3.05, 3.63) is 47.7 Å². The van der Waals surface area contributed by atoms with E-state index in [-0.39, 0.29) is 54.7 Å². The van der Waals surface area contributed by atoms with Crippen LogP contribution in [0.15, 0.2) is 36.5 Å². The Labute approximate surface area is 214 Å². The zero-order valence-corrected chi connectivity index (χ0v) is 21.5. The number of aliphatic hydroxyl groups is 1. The fourth-order valence-electron chi connectivity index (χ4n) is 4.06. The van der Waals surface area contributed by atoms with Gasteiger partial charge in [-0.05, 0) is 44.5 Å². The van der Waals surface area contributed by atoms with Crippen LogP contribution >= 0.6 is 0 Å². The van der Waals surface area contributed by atoms with Gasteiger partial charge in [0, 0.05) is 37.3 Å². The minimum Gasteiger partial charge on any atom is -0.472 e. The van der Waals surface area contributed by atoms with Crippen LogP contribution in [0, 0.1) is 5.92 Å². The number of hydrogen-bond acceptors (Lipinski definition) is 5. The molecule has 0 aliphatic carbocycles. The number of aromatic nitrogens is 1. The van der Waals surface area contributed by atoms with Crippen molar-refractivity contribution in [3.63, 3.8) is 0 Å². The average Bonchev–Trinajstić information content (AvgIpc) is 2.84. The molecule has 8 nitrogen and oxygen atoms in total. The molecule has 3 rings (SSSR count). The molecule has 202 valence electrons. The quantitative estimate of drug-likeness (QED) is 0.597. The summed E-state index contributed by atoms with van der Waals surface area (Å²) in [5, 5.41) is 12.6. The summed E-state index contributed by atoms with van der Waals surface area (Å²) in [4.78, 5) is 33.3. The molecule has 1 aliphatic rings. The van der Waals surface area contributed by atoms with Gasteiger partial charge in [-0.3, -0.25) is 4.79 Å². The lowest BCUT2D eigenvalue weighted by Crippen LogP contribution is -2.51. The number of fused-ring (bicyclic) bond motifs is 1. The molecule has 0 fully saturated rings. The summed E-state index contributed by atoms with van der Waals surface area (Å²) < 4.78 is 45.9. The largest absolute Gasteiger partial charge is 0.472 e. The first-order chi connectivity index (χ1) is 17.3. The van der Waals surface area contributed by atoms with Crippen molar-refractivity contribution in [2.45, 2.75) is 52.1 Å². The lowest BCUT2D eigenvalue weighted by Gasteiger charge is -2.37. The fourth-order valence-corrected chi connectivity index (χ4v) is 4.06. The van der Waals surface area contributed by atoms with Gasteiger partial charge in [-0.15, -0.1) is 0 Å². The molecule has 37 heavy (non-hydrogen) atoms. The number of aliphatic hydroxyl groups excluding tert-OH is 1. The number of alkyl halides is 3. The van der Waals surface area contributed by atoms with Crippen molar-refractivity contribution >= 4 is 11.9 Å². The van der Waals surface area contributed by atoms with Gasteiger partial charge in [0.1, 0.15) is 11.7 Å². The molecule has 3 amide bonds. The number of carbonyl (C=O) groups excluding carboxylic acids is 2. The highest BCUT2D eigenvalue weighted by Gasteiger charge is 2.35. The Morgan fingerprint density at radius 3 is 2.59 bits per heavy atom. The van der Waals surface area contributed by atoms with Crippen LogP contribution in [0.1, 0.15) is 43.6 Å². The van der Waals surface area contributed by atoms with Gasteiger partial charge < -0.3 is 25.0 Å². The first-order valence-electron chi connectivity index (χ1n) is 12.1. The molecule has 0 spiro atoms. The average molecular weight is 523 g/mol. The summed E-state index contributed by atoms with van der Waals surface area (Å²) in [5.74, 6) is -0.662. The van der Waals surface area contributed by atoms with Crippen LogP contribution in [0.5, 0.6) is 5.88 Å². The Balaban J connectivity index is 2.02. The van der Waals surface area contributed by atoms with Gasteiger partial charge >= 0.3 is 12.2 Å². The van der Waals surface area contributed by atoms with Crippen molar-refractivity contribution in [2.24, 2.45) is 5.92 Å². The molecule has 0 bridgehead atoms. The first-order valence-corrected chi connectivity index (χ1v) is 12.1. The number of pyridine rings is 1. The van der Waals surface area contributed by atoms with E-state index in [1.165, 1.54) is 34.2 Å². The number of rotatable bonds is 6. The minimum atomic E-state index is -4.52. The second-order valence-electron chi connectivity index (χ2n) is 9.76. The van der Waals surface area contributed by atoms with Crippen LogP contribution in [0.2, 0.25) is 0 Å². The van der Waals surface area contributed by atoms with E-state index in [2.05, 4.69) is 10.3 Å². The third-order valence-electron chi connectivity index (χ3n) is 6.26. The van der Waals surface area contributed by atoms with Crippen molar-refractivity contribution in [1.82, 2.24) is 20.1 Å². The summed E-state index contributed by atoms with van der Waals surface area (Å²) in [6.07, 6.45) is -3.70. The Morgan fingerprint density at radius 2 is 1.97 bits per heavy atom. The molecule has 1 aromatic carbocycles. The summed E-state index contributed by atoms with van der Waals surface area (Å²) in [6.45, 7) is 7.44. The molecule has 1 aromatic heterocycles. The van der Waals surface area contributed by atoms with Gasteiger partial charge in [0.15, 0.2) is 0 Å². The Hall–Kier alpha value is -3.34. The van der Waals surface area contributed by atoms with Crippen LogP contribution in [0.4, 0.5) is 18.0 Å². The third kappa shape index (κ3) is 6.71. The summed E-state index contributed by atoms with van der Waals surface area (Å²) in [7, 11) is 1.64. The first kappa shape index (κ1) is 28.2. The smallest absolute Gasteiger partial charge is 0.416 e. The molecule has 0 radical (unpaired) electrons. The van der Waals surface area contributed by atoms with Crippen molar-refractivity contribution in [3.8, 4) is 17.0 Å². The number of ether oxygens (including phenoxy) is 1. The molecule has 11 heteroatoms. The molecule has 0 saturated heterocycles. The van der Waals surface area contributed by atoms with E-state index in [0.29, 0.717) is 5.56 Å². The number of nitrogens with zero attached hydrogens (tertiary/aromatic N) is 3. The van der Waals surface area contributed by atoms with E-state index in [9.17, 15) is 27.9 Å². The second-order valence-corrected chi connectivity index (χ2v) is 9.76. The number of hydrogen-bond donors (Lipinski definition) is 2. The van der Waals surface area contributed by atoms with Crippen molar-refractivity contribution in [1.29, 1.82) is 0 Å². The highest BCUT2D eigenvalue weighted by molar-refractivity contribution is 5.98. The monoisotopic (exact) mass is 522 g/mol. The van der Waals surface area contributed by atoms with Gasteiger partial charge in [-0.2, -0.15) is 13.2 Å². The highest BCUT2D eigenvalue weighted by atomic mass is 19.4. The normalized spacial score (nSPS) is 19.0. The lowest BCUT2D eigenvalue weighted by molar-refractivity contribution is -0.137. The third-order valence-corrected chi connectivity index (χ3v) is 6.26. The van der Waals surface area contributed by atoms with Crippen LogP contribution in [0.25, 0.3) is 11.1 Å². The van der Waals surface area contributed by atoms with Crippen LogP contribution in [-0.2, 0) is 6.18 Å². The number of likely N-dealkylation sites (N-methyl/N-ethyl adjacent to an activating group) is 1. The standard InChI is InChI=1S/C26H33F3N4O4/c1-15(2)31-25(36)32(5)13-22-16(3)12-33(17(4)14-34)24(35)21-10-19(11-30-23(21)37-22)18-7-6-8-20(9-18)26(27,28)29/h6-11,15-17,22,34H,12-14H2,1-5H3,(H,31,36)/t16-,17+,22-/m0/s1. The van der Waals surface area contributed by atoms with E-state index in [0.717, 1.165) is 12.1 Å². The zero-order valence-electron chi connectivity index (χ0n) is 21.5. The predicted octanol–water partition coefficient (Wildman–Crippen LogP) is 4.04. The Kier molecular flexibility index (Phi) is 8.68. The molecule has 2 heterocycles. The van der Waals surface area contributed by atoms with E-state index < -0.39 is 29.8 Å². The van der Waals surface area contributed by atoms with E-state index in [4.69, 9.17) is 4.74 Å². The molecule has 3 atom stereocenters. The van der Waals surface area contributed by atoms with Crippen LogP contribution in [-0.4, -0.2) is 76.8 Å². The predicted molar refractivity (Wildman–Crippen MR) is 132 cm³/mol. The SMILES string of the molecule is CC(C)NC(=O)N(C)C[C@@H]1Oc2ncc(-c3cccc(C(F)(F)F)c3)cc2C(=O)N([C@H](C)CO)C[C@@H]1C. The fraction of sp³-hybridized carbons (Fsp3) is 0.500. The Bertz CT molecular complexity index is 1130. The second kappa shape index (κ2) is 11.4. The zero-order chi connectivity index (χ0) is 27.5. The van der Waals surface area contributed by atoms with E-state index in [1.54, 1.807) is 14.0 Å². The maximum atomic E-state index is 13.5. The van der Waals surface area contributed by atoms with Crippen molar-refractivity contribution in [2.75, 3.05) is 26.7 Å². The van der Waals surface area contributed by atoms with Gasteiger partial charge in [0.25, 0.3) is 5.91 Å². The molecular formula is C26H33F3N4O4. The van der Waals surface area contributed by atoms with Gasteiger partial charge in [-0.25, -0.2) is 9.78 Å². The molecule has 2 N–H and O–H groups in total. The molecule has 0 unspecified atom stereocenters.